The number of carboxylic acid groups (broad SMARTS) is 1. The summed E-state index contributed by atoms with van der Waals surface area (Å²) in [6.45, 7) is 2.53. The molecule has 1 unspecified atom stereocenters. The largest absolute Gasteiger partial charge is 0.465 e. The van der Waals surface area contributed by atoms with Gasteiger partial charge in [-0.15, -0.1) is 6.42 Å². The molecule has 4 heteroatoms. The molecule has 0 aliphatic heterocycles. The third-order valence-corrected chi connectivity index (χ3v) is 2.44. The molecule has 0 aliphatic rings. The fraction of sp³-hybridized carbons (Fsp3) is 0.625. The Labute approximate surface area is 86.3 Å². The summed E-state index contributed by atoms with van der Waals surface area (Å²) in [6, 6.07) is 0. The molecule has 0 saturated carbocycles. The van der Waals surface area contributed by atoms with Crippen LogP contribution in [0.2, 0.25) is 0 Å². The van der Waals surface area contributed by atoms with Crippen LogP contribution in [0.25, 0.3) is 0 Å². The number of hydrogen-bond acceptors (Lipinski definition) is 1. The second-order valence-electron chi connectivity index (χ2n) is 2.33. The lowest BCUT2D eigenvalue weighted by molar-refractivity contribution is 0.148. The zero-order valence-electron chi connectivity index (χ0n) is 6.96. The van der Waals surface area contributed by atoms with E-state index >= 15 is 0 Å². The first-order valence-electron chi connectivity index (χ1n) is 3.73. The molecule has 12 heavy (non-hydrogen) atoms. The van der Waals surface area contributed by atoms with Gasteiger partial charge in [0.05, 0.1) is 0 Å². The molecule has 0 bridgehead atoms. The normalized spacial score (nSPS) is 11.8. The number of unbranched alkanes of at least 4 members (excludes halogenated alkanes) is 1. The number of alkyl halides is 1. The summed E-state index contributed by atoms with van der Waals surface area (Å²) in [6.07, 6.45) is 6.00. The number of halogens is 1. The van der Waals surface area contributed by atoms with Gasteiger partial charge in [-0.3, -0.25) is 4.90 Å². The van der Waals surface area contributed by atoms with E-state index < -0.39 is 6.09 Å². The van der Waals surface area contributed by atoms with Crippen molar-refractivity contribution >= 4 is 28.7 Å². The van der Waals surface area contributed by atoms with Crippen LogP contribution in [0.15, 0.2) is 0 Å². The molecule has 0 aromatic heterocycles. The number of nitrogens with zero attached hydrogens (tertiary/aromatic N) is 1. The topological polar surface area (TPSA) is 40.5 Å². The van der Waals surface area contributed by atoms with Gasteiger partial charge < -0.3 is 5.11 Å². The van der Waals surface area contributed by atoms with Crippen LogP contribution in [0.1, 0.15) is 19.8 Å². The molecule has 68 valence electrons. The average molecular weight is 281 g/mol. The molecule has 0 heterocycles. The third-order valence-electron chi connectivity index (χ3n) is 1.41. The lowest BCUT2D eigenvalue weighted by atomic mass is 10.3. The summed E-state index contributed by atoms with van der Waals surface area (Å²) in [5, 5.41) is 8.73. The standard InChI is InChI=1S/C8H12INO2/c1-3-5-6-10(8(11)12)7(9)4-2/h2,7H,3,5-6H2,1H3,(H,11,12). The van der Waals surface area contributed by atoms with Crippen LogP contribution in [0.5, 0.6) is 0 Å². The zero-order valence-corrected chi connectivity index (χ0v) is 9.11. The van der Waals surface area contributed by atoms with E-state index in [1.807, 2.05) is 29.5 Å². The Bertz CT molecular complexity index is 188. The van der Waals surface area contributed by atoms with E-state index in [1.165, 1.54) is 4.90 Å². The van der Waals surface area contributed by atoms with Crippen molar-refractivity contribution in [2.24, 2.45) is 0 Å². The number of rotatable bonds is 4. The van der Waals surface area contributed by atoms with Crippen LogP contribution in [0, 0.1) is 12.3 Å². The molecule has 1 N–H and O–H groups in total. The monoisotopic (exact) mass is 281 g/mol. The van der Waals surface area contributed by atoms with Crippen molar-refractivity contribution in [3.05, 3.63) is 0 Å². The predicted octanol–water partition coefficient (Wildman–Crippen LogP) is 2.16. The smallest absolute Gasteiger partial charge is 0.408 e. The average Bonchev–Trinajstić information content (AvgIpc) is 2.04. The SMILES string of the molecule is C#CC(I)N(CCCC)C(=O)O. The van der Waals surface area contributed by atoms with Crippen molar-refractivity contribution in [1.82, 2.24) is 4.90 Å². The molecule has 0 spiro atoms. The molecular weight excluding hydrogens is 269 g/mol. The van der Waals surface area contributed by atoms with E-state index in [-0.39, 0.29) is 4.05 Å². The Kier molecular flexibility index (Phi) is 5.89. The highest BCUT2D eigenvalue weighted by Crippen LogP contribution is 2.08. The maximum absolute atomic E-state index is 10.6. The van der Waals surface area contributed by atoms with Gasteiger partial charge in [-0.2, -0.15) is 0 Å². The molecular formula is C8H12INO2. The van der Waals surface area contributed by atoms with Crippen LogP contribution in [-0.4, -0.2) is 26.7 Å². The van der Waals surface area contributed by atoms with Gasteiger partial charge in [0.15, 0.2) is 0 Å². The minimum absolute atomic E-state index is 0.355. The van der Waals surface area contributed by atoms with Crippen LogP contribution < -0.4 is 0 Å². The molecule has 0 aromatic rings. The van der Waals surface area contributed by atoms with Gasteiger partial charge in [-0.05, 0) is 29.0 Å². The minimum atomic E-state index is -0.944. The van der Waals surface area contributed by atoms with Crippen molar-refractivity contribution in [2.45, 2.75) is 23.8 Å². The van der Waals surface area contributed by atoms with E-state index in [1.54, 1.807) is 0 Å². The fourth-order valence-electron chi connectivity index (χ4n) is 0.724. The van der Waals surface area contributed by atoms with E-state index in [0.717, 1.165) is 12.8 Å². The number of carbonyl (C=O) groups is 1. The molecule has 1 amide bonds. The summed E-state index contributed by atoms with van der Waals surface area (Å²) >= 11 is 1.93. The van der Waals surface area contributed by atoms with Crippen molar-refractivity contribution in [3.63, 3.8) is 0 Å². The Morgan fingerprint density at radius 2 is 2.42 bits per heavy atom. The molecule has 1 atom stereocenters. The van der Waals surface area contributed by atoms with E-state index in [4.69, 9.17) is 11.5 Å². The van der Waals surface area contributed by atoms with Gasteiger partial charge >= 0.3 is 6.09 Å². The third kappa shape index (κ3) is 3.81. The Morgan fingerprint density at radius 3 is 2.75 bits per heavy atom. The van der Waals surface area contributed by atoms with Gasteiger partial charge in [-0.25, -0.2) is 4.79 Å². The number of amides is 1. The molecule has 0 rings (SSSR count). The van der Waals surface area contributed by atoms with Crippen LogP contribution in [0.4, 0.5) is 4.79 Å². The van der Waals surface area contributed by atoms with Gasteiger partial charge in [0, 0.05) is 6.54 Å². The minimum Gasteiger partial charge on any atom is -0.465 e. The fourth-order valence-corrected chi connectivity index (χ4v) is 1.24. The highest BCUT2D eigenvalue weighted by molar-refractivity contribution is 14.1. The first kappa shape index (κ1) is 11.6. The quantitative estimate of drug-likeness (QED) is 0.371. The van der Waals surface area contributed by atoms with Gasteiger partial charge in [0.2, 0.25) is 0 Å². The molecule has 0 aliphatic carbocycles. The summed E-state index contributed by atoms with van der Waals surface area (Å²) < 4.78 is -0.355. The highest BCUT2D eigenvalue weighted by Gasteiger charge is 2.17. The van der Waals surface area contributed by atoms with Gasteiger partial charge in [-0.1, -0.05) is 19.3 Å². The number of terminal acetylenes is 1. The molecule has 3 nitrogen and oxygen atoms in total. The van der Waals surface area contributed by atoms with Gasteiger partial charge in [0.1, 0.15) is 4.05 Å². The predicted molar refractivity (Wildman–Crippen MR) is 56.3 cm³/mol. The lowest BCUT2D eigenvalue weighted by Gasteiger charge is -2.20. The Hall–Kier alpha value is -0.440. The van der Waals surface area contributed by atoms with Crippen LogP contribution in [0.3, 0.4) is 0 Å². The molecule has 0 saturated heterocycles. The highest BCUT2D eigenvalue weighted by atomic mass is 127. The summed E-state index contributed by atoms with van der Waals surface area (Å²) in [4.78, 5) is 11.9. The Morgan fingerprint density at radius 1 is 1.83 bits per heavy atom. The maximum Gasteiger partial charge on any atom is 0.408 e. The van der Waals surface area contributed by atoms with Crippen molar-refractivity contribution in [1.29, 1.82) is 0 Å². The number of hydrogen-bond donors (Lipinski definition) is 1. The van der Waals surface area contributed by atoms with Crippen LogP contribution >= 0.6 is 22.6 Å². The molecule has 0 radical (unpaired) electrons. The Balaban J connectivity index is 4.06. The summed E-state index contributed by atoms with van der Waals surface area (Å²) in [7, 11) is 0. The van der Waals surface area contributed by atoms with E-state index in [2.05, 4.69) is 5.92 Å². The van der Waals surface area contributed by atoms with Crippen molar-refractivity contribution < 1.29 is 9.90 Å². The first-order chi connectivity index (χ1) is 5.63. The van der Waals surface area contributed by atoms with Crippen molar-refractivity contribution in [2.75, 3.05) is 6.54 Å². The zero-order chi connectivity index (χ0) is 9.56. The lowest BCUT2D eigenvalue weighted by Crippen LogP contribution is -2.35. The maximum atomic E-state index is 10.6. The van der Waals surface area contributed by atoms with E-state index in [0.29, 0.717) is 6.54 Å². The second-order valence-corrected chi connectivity index (χ2v) is 3.51. The van der Waals surface area contributed by atoms with E-state index in [9.17, 15) is 4.79 Å². The molecule has 0 fully saturated rings. The first-order valence-corrected chi connectivity index (χ1v) is 4.97. The van der Waals surface area contributed by atoms with Gasteiger partial charge in [0.25, 0.3) is 0 Å². The van der Waals surface area contributed by atoms with Crippen molar-refractivity contribution in [3.8, 4) is 12.3 Å². The van der Waals surface area contributed by atoms with Crippen LogP contribution in [-0.2, 0) is 0 Å². The summed E-state index contributed by atoms with van der Waals surface area (Å²) in [5.74, 6) is 2.39. The summed E-state index contributed by atoms with van der Waals surface area (Å²) in [5.41, 5.74) is 0. The molecule has 0 aromatic carbocycles. The second kappa shape index (κ2) is 6.12.